The number of hydrogen-bond acceptors (Lipinski definition) is 3. The third-order valence-electron chi connectivity index (χ3n) is 3.93. The second kappa shape index (κ2) is 7.12. The normalized spacial score (nSPS) is 15.9. The molecule has 0 atom stereocenters. The molecule has 0 aromatic heterocycles. The van der Waals surface area contributed by atoms with Gasteiger partial charge in [0, 0.05) is 0 Å². The Hall–Kier alpha value is -2.29. The zero-order chi connectivity index (χ0) is 15.2. The van der Waals surface area contributed by atoms with Crippen molar-refractivity contribution in [1.82, 2.24) is 0 Å². The maximum atomic E-state index is 11.8. The Balaban J connectivity index is 1.75. The van der Waals surface area contributed by atoms with Crippen LogP contribution in [-0.4, -0.2) is 6.16 Å². The summed E-state index contributed by atoms with van der Waals surface area (Å²) in [5.41, 5.74) is 2.55. The van der Waals surface area contributed by atoms with Gasteiger partial charge in [0.2, 0.25) is 0 Å². The van der Waals surface area contributed by atoms with Gasteiger partial charge in [-0.05, 0) is 61.1 Å². The van der Waals surface area contributed by atoms with Gasteiger partial charge < -0.3 is 9.47 Å². The van der Waals surface area contributed by atoms with Crippen LogP contribution in [0, 0.1) is 0 Å². The van der Waals surface area contributed by atoms with Gasteiger partial charge in [0.1, 0.15) is 11.5 Å². The summed E-state index contributed by atoms with van der Waals surface area (Å²) in [6, 6.07) is 15.3. The van der Waals surface area contributed by atoms with E-state index >= 15 is 0 Å². The Bertz CT molecular complexity index is 559. The van der Waals surface area contributed by atoms with Crippen LogP contribution in [-0.2, 0) is 12.8 Å². The van der Waals surface area contributed by atoms with Crippen LogP contribution in [0.5, 0.6) is 11.5 Å². The van der Waals surface area contributed by atoms with E-state index in [1.807, 2.05) is 48.5 Å². The second-order valence-electron chi connectivity index (χ2n) is 5.66. The van der Waals surface area contributed by atoms with Crippen molar-refractivity contribution in [3.63, 3.8) is 0 Å². The number of carbonyl (C=O) groups is 1. The van der Waals surface area contributed by atoms with Gasteiger partial charge in [-0.1, -0.05) is 37.1 Å². The Labute approximate surface area is 130 Å². The zero-order valence-corrected chi connectivity index (χ0v) is 12.6. The first kappa shape index (κ1) is 14.6. The molecule has 22 heavy (non-hydrogen) atoms. The molecule has 4 bridgehead atoms. The van der Waals surface area contributed by atoms with Gasteiger partial charge in [-0.2, -0.15) is 0 Å². The average molecular weight is 296 g/mol. The van der Waals surface area contributed by atoms with Gasteiger partial charge >= 0.3 is 6.16 Å². The van der Waals surface area contributed by atoms with Crippen LogP contribution in [0.15, 0.2) is 48.5 Å². The molecule has 0 saturated heterocycles. The highest BCUT2D eigenvalue weighted by molar-refractivity contribution is 5.67. The number of ether oxygens (including phenoxy) is 2. The average Bonchev–Trinajstić information content (AvgIpc) is 2.53. The van der Waals surface area contributed by atoms with E-state index < -0.39 is 6.16 Å². The van der Waals surface area contributed by atoms with E-state index in [4.69, 9.17) is 9.47 Å². The van der Waals surface area contributed by atoms with Gasteiger partial charge in [0.15, 0.2) is 0 Å². The Morgan fingerprint density at radius 1 is 0.591 bits per heavy atom. The summed E-state index contributed by atoms with van der Waals surface area (Å²) >= 11 is 0. The van der Waals surface area contributed by atoms with Crippen LogP contribution >= 0.6 is 0 Å². The molecule has 0 fully saturated rings. The highest BCUT2D eigenvalue weighted by Gasteiger charge is 2.08. The fourth-order valence-electron chi connectivity index (χ4n) is 2.67. The maximum Gasteiger partial charge on any atom is 0.519 e. The number of aryl methyl sites for hydroxylation is 2. The SMILES string of the molecule is O=C1Oc2ccc(cc2)CCCCCCc2ccc(cc2)O1. The molecule has 6 rings (SSSR count). The predicted octanol–water partition coefficient (Wildman–Crippen LogP) is 4.92. The van der Waals surface area contributed by atoms with E-state index in [9.17, 15) is 4.79 Å². The van der Waals surface area contributed by atoms with E-state index in [2.05, 4.69) is 0 Å². The Morgan fingerprint density at radius 3 is 1.41 bits per heavy atom. The van der Waals surface area contributed by atoms with E-state index in [-0.39, 0.29) is 0 Å². The van der Waals surface area contributed by atoms with Gasteiger partial charge in [0.05, 0.1) is 0 Å². The molecule has 2 aromatic rings. The van der Waals surface area contributed by atoms with Crippen LogP contribution in [0.1, 0.15) is 36.8 Å². The minimum atomic E-state index is -0.704. The molecule has 114 valence electrons. The standard InChI is InChI=1S/C19H20O3/c20-19-21-17-11-7-15(8-12-17)5-3-1-2-4-6-16-9-13-18(22-19)14-10-16/h7-14H,1-6H2. The third kappa shape index (κ3) is 4.10. The monoisotopic (exact) mass is 296 g/mol. The lowest BCUT2D eigenvalue weighted by Crippen LogP contribution is -2.13. The third-order valence-corrected chi connectivity index (χ3v) is 3.93. The lowest BCUT2D eigenvalue weighted by atomic mass is 10.0. The fraction of sp³-hybridized carbons (Fsp3) is 0.316. The summed E-state index contributed by atoms with van der Waals surface area (Å²) in [5.74, 6) is 1.02. The van der Waals surface area contributed by atoms with Gasteiger partial charge in [-0.3, -0.25) is 0 Å². The largest absolute Gasteiger partial charge is 0.519 e. The van der Waals surface area contributed by atoms with Crippen molar-refractivity contribution in [1.29, 1.82) is 0 Å². The molecule has 0 spiro atoms. The lowest BCUT2D eigenvalue weighted by molar-refractivity contribution is 0.152. The minimum Gasteiger partial charge on any atom is -0.395 e. The molecule has 4 aliphatic rings. The van der Waals surface area contributed by atoms with Crippen LogP contribution in [0.3, 0.4) is 0 Å². The molecule has 0 N–H and O–H groups in total. The first-order valence-electron chi connectivity index (χ1n) is 7.87. The fourth-order valence-corrected chi connectivity index (χ4v) is 2.67. The van der Waals surface area contributed by atoms with E-state index in [1.165, 1.54) is 36.8 Å². The summed E-state index contributed by atoms with van der Waals surface area (Å²) in [4.78, 5) is 11.8. The van der Waals surface area contributed by atoms with Crippen molar-refractivity contribution in [3.8, 4) is 11.5 Å². The van der Waals surface area contributed by atoms with Gasteiger partial charge in [-0.15, -0.1) is 0 Å². The van der Waals surface area contributed by atoms with Crippen LogP contribution in [0.25, 0.3) is 0 Å². The molecule has 0 saturated carbocycles. The lowest BCUT2D eigenvalue weighted by Gasteiger charge is -2.06. The van der Waals surface area contributed by atoms with Gasteiger partial charge in [0.25, 0.3) is 0 Å². The summed E-state index contributed by atoms with van der Waals surface area (Å²) < 4.78 is 10.4. The van der Waals surface area contributed by atoms with Crippen LogP contribution in [0.2, 0.25) is 0 Å². The molecule has 4 heterocycles. The second-order valence-corrected chi connectivity index (χ2v) is 5.66. The molecule has 3 nitrogen and oxygen atoms in total. The highest BCUT2D eigenvalue weighted by atomic mass is 16.7. The summed E-state index contributed by atoms with van der Waals surface area (Å²) in [5, 5.41) is 0. The number of carbonyl (C=O) groups excluding carboxylic acids is 1. The zero-order valence-electron chi connectivity index (χ0n) is 12.6. The van der Waals surface area contributed by atoms with E-state index in [1.54, 1.807) is 0 Å². The molecular formula is C19H20O3. The number of rotatable bonds is 0. The summed E-state index contributed by atoms with van der Waals surface area (Å²) in [6.07, 6.45) is 6.32. The van der Waals surface area contributed by atoms with E-state index in [0.717, 1.165) is 12.8 Å². The van der Waals surface area contributed by atoms with Crippen molar-refractivity contribution in [2.75, 3.05) is 0 Å². The summed E-state index contributed by atoms with van der Waals surface area (Å²) in [6.45, 7) is 0. The van der Waals surface area contributed by atoms with Crippen molar-refractivity contribution in [2.24, 2.45) is 0 Å². The molecule has 0 aliphatic carbocycles. The van der Waals surface area contributed by atoms with Gasteiger partial charge in [-0.25, -0.2) is 4.79 Å². The molecule has 3 heteroatoms. The number of hydrogen-bond donors (Lipinski definition) is 0. The first-order chi connectivity index (χ1) is 10.8. The molecule has 0 unspecified atom stereocenters. The van der Waals surface area contributed by atoms with Crippen molar-refractivity contribution >= 4 is 6.16 Å². The molecule has 2 aromatic carbocycles. The molecular weight excluding hydrogens is 276 g/mol. The topological polar surface area (TPSA) is 35.5 Å². The summed E-state index contributed by atoms with van der Waals surface area (Å²) in [7, 11) is 0. The molecule has 0 amide bonds. The molecule has 0 radical (unpaired) electrons. The Morgan fingerprint density at radius 2 is 1.00 bits per heavy atom. The predicted molar refractivity (Wildman–Crippen MR) is 85.4 cm³/mol. The van der Waals surface area contributed by atoms with Crippen molar-refractivity contribution < 1.29 is 14.3 Å². The number of benzene rings is 2. The maximum absolute atomic E-state index is 11.8. The first-order valence-corrected chi connectivity index (χ1v) is 7.87. The van der Waals surface area contributed by atoms with Crippen LogP contribution in [0.4, 0.5) is 4.79 Å². The van der Waals surface area contributed by atoms with E-state index in [0.29, 0.717) is 11.5 Å². The minimum absolute atomic E-state index is 0.509. The van der Waals surface area contributed by atoms with Crippen molar-refractivity contribution in [2.45, 2.75) is 38.5 Å². The van der Waals surface area contributed by atoms with Crippen LogP contribution < -0.4 is 9.47 Å². The quantitative estimate of drug-likeness (QED) is 0.511. The Kier molecular flexibility index (Phi) is 4.74. The molecule has 4 aliphatic heterocycles. The highest BCUT2D eigenvalue weighted by Crippen LogP contribution is 2.19. The smallest absolute Gasteiger partial charge is 0.395 e. The van der Waals surface area contributed by atoms with Crippen molar-refractivity contribution in [3.05, 3.63) is 59.7 Å².